The molecule has 1 heterocycles. The molecule has 1 rings (SSSR count). The molecule has 0 aromatic carbocycles. The Morgan fingerprint density at radius 2 is 2.06 bits per heavy atom. The van der Waals surface area contributed by atoms with Crippen molar-refractivity contribution >= 4 is 11.3 Å². The van der Waals surface area contributed by atoms with E-state index in [1.165, 1.54) is 30.6 Å². The van der Waals surface area contributed by atoms with Crippen LogP contribution in [0.2, 0.25) is 0 Å². The van der Waals surface area contributed by atoms with Gasteiger partial charge in [-0.1, -0.05) is 26.8 Å². The van der Waals surface area contributed by atoms with Crippen LogP contribution >= 0.6 is 11.3 Å². The Bertz CT molecular complexity index is 264. The lowest BCUT2D eigenvalue weighted by Crippen LogP contribution is -2.23. The zero-order valence-electron chi connectivity index (χ0n) is 10.9. The van der Waals surface area contributed by atoms with Crippen molar-refractivity contribution in [1.82, 2.24) is 5.32 Å². The minimum Gasteiger partial charge on any atom is -0.317 e. The fraction of sp³-hybridized carbons (Fsp3) is 0.714. The first-order valence-corrected chi connectivity index (χ1v) is 7.25. The topological polar surface area (TPSA) is 12.0 Å². The first-order chi connectivity index (χ1) is 7.64. The van der Waals surface area contributed by atoms with E-state index < -0.39 is 0 Å². The molecular formula is C14H25NS. The average molecular weight is 239 g/mol. The molecule has 0 fully saturated rings. The van der Waals surface area contributed by atoms with Gasteiger partial charge in [0.05, 0.1) is 0 Å². The van der Waals surface area contributed by atoms with Crippen molar-refractivity contribution in [3.05, 3.63) is 22.4 Å². The molecule has 92 valence electrons. The molecule has 1 N–H and O–H groups in total. The number of thiophene rings is 1. The van der Waals surface area contributed by atoms with Gasteiger partial charge in [0.15, 0.2) is 0 Å². The second-order valence-corrected chi connectivity index (χ2v) is 6.28. The Kier molecular flexibility index (Phi) is 6.07. The van der Waals surface area contributed by atoms with E-state index in [1.807, 2.05) is 11.3 Å². The summed E-state index contributed by atoms with van der Waals surface area (Å²) in [5.74, 6) is 0. The van der Waals surface area contributed by atoms with Gasteiger partial charge in [0, 0.05) is 4.88 Å². The van der Waals surface area contributed by atoms with Crippen molar-refractivity contribution in [3.8, 4) is 0 Å². The zero-order valence-corrected chi connectivity index (χ0v) is 11.7. The number of hydrogen-bond donors (Lipinski definition) is 1. The Hall–Kier alpha value is -0.340. The minimum atomic E-state index is 0.463. The van der Waals surface area contributed by atoms with E-state index in [4.69, 9.17) is 0 Å². The SMILES string of the molecule is CCCNCCC(C)(C)CCc1cccs1. The van der Waals surface area contributed by atoms with Gasteiger partial charge in [-0.15, -0.1) is 11.3 Å². The van der Waals surface area contributed by atoms with E-state index in [0.717, 1.165) is 13.1 Å². The first kappa shape index (κ1) is 13.7. The quantitative estimate of drug-likeness (QED) is 0.674. The number of hydrogen-bond acceptors (Lipinski definition) is 2. The smallest absolute Gasteiger partial charge is 0.00454 e. The number of aryl methyl sites for hydroxylation is 1. The highest BCUT2D eigenvalue weighted by atomic mass is 32.1. The largest absolute Gasteiger partial charge is 0.317 e. The third kappa shape index (κ3) is 5.66. The number of nitrogens with one attached hydrogen (secondary N) is 1. The molecule has 0 unspecified atom stereocenters. The first-order valence-electron chi connectivity index (χ1n) is 6.37. The van der Waals surface area contributed by atoms with Crippen LogP contribution in [-0.2, 0) is 6.42 Å². The van der Waals surface area contributed by atoms with Crippen LogP contribution in [0.4, 0.5) is 0 Å². The lowest BCUT2D eigenvalue weighted by molar-refractivity contribution is 0.303. The Morgan fingerprint density at radius 3 is 2.69 bits per heavy atom. The van der Waals surface area contributed by atoms with Crippen molar-refractivity contribution in [2.45, 2.75) is 46.5 Å². The molecule has 0 saturated heterocycles. The molecule has 0 amide bonds. The van der Waals surface area contributed by atoms with Crippen LogP contribution in [0.3, 0.4) is 0 Å². The Balaban J connectivity index is 2.17. The molecule has 1 aromatic rings. The maximum absolute atomic E-state index is 3.49. The van der Waals surface area contributed by atoms with Crippen LogP contribution in [0.5, 0.6) is 0 Å². The van der Waals surface area contributed by atoms with Crippen LogP contribution in [0, 0.1) is 5.41 Å². The van der Waals surface area contributed by atoms with Gasteiger partial charge in [0.25, 0.3) is 0 Å². The number of rotatable bonds is 8. The van der Waals surface area contributed by atoms with Crippen LogP contribution in [0.25, 0.3) is 0 Å². The molecule has 16 heavy (non-hydrogen) atoms. The van der Waals surface area contributed by atoms with Gasteiger partial charge in [-0.3, -0.25) is 0 Å². The zero-order chi connectivity index (χ0) is 11.9. The maximum atomic E-state index is 3.49. The molecule has 0 atom stereocenters. The van der Waals surface area contributed by atoms with E-state index in [0.29, 0.717) is 5.41 Å². The van der Waals surface area contributed by atoms with E-state index in [1.54, 1.807) is 0 Å². The van der Waals surface area contributed by atoms with Crippen molar-refractivity contribution in [3.63, 3.8) is 0 Å². The van der Waals surface area contributed by atoms with Crippen LogP contribution in [0.1, 0.15) is 44.9 Å². The molecule has 1 aromatic heterocycles. The lowest BCUT2D eigenvalue weighted by atomic mass is 9.84. The highest BCUT2D eigenvalue weighted by Gasteiger charge is 2.17. The summed E-state index contributed by atoms with van der Waals surface area (Å²) in [5.41, 5.74) is 0.463. The molecule has 0 radical (unpaired) electrons. The summed E-state index contributed by atoms with van der Waals surface area (Å²) < 4.78 is 0. The van der Waals surface area contributed by atoms with Crippen molar-refractivity contribution in [2.24, 2.45) is 5.41 Å². The van der Waals surface area contributed by atoms with E-state index >= 15 is 0 Å². The van der Waals surface area contributed by atoms with Gasteiger partial charge in [-0.05, 0) is 55.6 Å². The van der Waals surface area contributed by atoms with Gasteiger partial charge in [0.2, 0.25) is 0 Å². The van der Waals surface area contributed by atoms with Crippen LogP contribution < -0.4 is 5.32 Å². The maximum Gasteiger partial charge on any atom is 0.00454 e. The van der Waals surface area contributed by atoms with Gasteiger partial charge in [-0.25, -0.2) is 0 Å². The summed E-state index contributed by atoms with van der Waals surface area (Å²) in [5, 5.41) is 5.66. The summed E-state index contributed by atoms with van der Waals surface area (Å²) in [4.78, 5) is 1.52. The molecule has 0 aliphatic carbocycles. The van der Waals surface area contributed by atoms with Crippen molar-refractivity contribution < 1.29 is 0 Å². The van der Waals surface area contributed by atoms with Crippen molar-refractivity contribution in [2.75, 3.05) is 13.1 Å². The Labute approximate surface area is 104 Å². The molecule has 0 aliphatic heterocycles. The molecule has 1 nitrogen and oxygen atoms in total. The summed E-state index contributed by atoms with van der Waals surface area (Å²) >= 11 is 1.88. The van der Waals surface area contributed by atoms with Gasteiger partial charge < -0.3 is 5.32 Å². The van der Waals surface area contributed by atoms with E-state index in [9.17, 15) is 0 Å². The molecule has 0 spiro atoms. The second kappa shape index (κ2) is 7.08. The van der Waals surface area contributed by atoms with Gasteiger partial charge >= 0.3 is 0 Å². The highest BCUT2D eigenvalue weighted by molar-refractivity contribution is 7.09. The average Bonchev–Trinajstić information content (AvgIpc) is 2.75. The summed E-state index contributed by atoms with van der Waals surface area (Å²) in [6.07, 6.45) is 5.04. The minimum absolute atomic E-state index is 0.463. The lowest BCUT2D eigenvalue weighted by Gasteiger charge is -2.24. The predicted octanol–water partition coefficient (Wildman–Crippen LogP) is 4.10. The van der Waals surface area contributed by atoms with Crippen molar-refractivity contribution in [1.29, 1.82) is 0 Å². The van der Waals surface area contributed by atoms with E-state index in [-0.39, 0.29) is 0 Å². The molecular weight excluding hydrogens is 214 g/mol. The Morgan fingerprint density at radius 1 is 1.25 bits per heavy atom. The van der Waals surface area contributed by atoms with Crippen LogP contribution in [0.15, 0.2) is 17.5 Å². The normalized spacial score (nSPS) is 11.9. The highest BCUT2D eigenvalue weighted by Crippen LogP contribution is 2.27. The fourth-order valence-corrected chi connectivity index (χ4v) is 2.48. The summed E-state index contributed by atoms with van der Waals surface area (Å²) in [6, 6.07) is 4.39. The molecule has 0 bridgehead atoms. The fourth-order valence-electron chi connectivity index (χ4n) is 1.77. The summed E-state index contributed by atoms with van der Waals surface area (Å²) in [6.45, 7) is 9.30. The van der Waals surface area contributed by atoms with Gasteiger partial charge in [-0.2, -0.15) is 0 Å². The van der Waals surface area contributed by atoms with Gasteiger partial charge in [0.1, 0.15) is 0 Å². The monoisotopic (exact) mass is 239 g/mol. The second-order valence-electron chi connectivity index (χ2n) is 5.24. The predicted molar refractivity (Wildman–Crippen MR) is 74.2 cm³/mol. The third-order valence-corrected chi connectivity index (χ3v) is 3.97. The molecule has 0 aliphatic rings. The standard InChI is InChI=1S/C14H25NS/c1-4-10-15-11-9-14(2,3)8-7-13-6-5-12-16-13/h5-6,12,15H,4,7-11H2,1-3H3. The van der Waals surface area contributed by atoms with Crippen LogP contribution in [-0.4, -0.2) is 13.1 Å². The molecule has 0 saturated carbocycles. The summed E-state index contributed by atoms with van der Waals surface area (Å²) in [7, 11) is 0. The van der Waals surface area contributed by atoms with E-state index in [2.05, 4.69) is 43.6 Å². The third-order valence-electron chi connectivity index (χ3n) is 3.03. The molecule has 2 heteroatoms.